The minimum atomic E-state index is -4.26. The van der Waals surface area contributed by atoms with Crippen LogP contribution in [0.1, 0.15) is 58.7 Å². The number of nitrogens with one attached hydrogen (secondary N) is 1. The molecule has 5 rings (SSSR count). The van der Waals surface area contributed by atoms with E-state index in [0.29, 0.717) is 6.54 Å². The molecule has 0 fully saturated rings. The second kappa shape index (κ2) is 14.9. The van der Waals surface area contributed by atoms with Gasteiger partial charge in [0.25, 0.3) is 10.1 Å². The Kier molecular flexibility index (Phi) is 10.7. The van der Waals surface area contributed by atoms with E-state index in [2.05, 4.69) is 134 Å². The molecule has 1 unspecified atom stereocenters. The Labute approximate surface area is 280 Å². The second-order valence-electron chi connectivity index (χ2n) is 12.0. The Hall–Kier alpha value is -4.59. The molecule has 0 aliphatic carbocycles. The topological polar surface area (TPSA) is 72.9 Å². The van der Waals surface area contributed by atoms with Crippen molar-refractivity contribution in [2.45, 2.75) is 51.6 Å². The van der Waals surface area contributed by atoms with Gasteiger partial charge in [0.15, 0.2) is 0 Å². The van der Waals surface area contributed by atoms with Gasteiger partial charge in [-0.2, -0.15) is 8.42 Å². The van der Waals surface area contributed by atoms with Crippen molar-refractivity contribution in [3.63, 3.8) is 0 Å². The molecule has 0 saturated heterocycles. The third kappa shape index (κ3) is 8.05. The highest BCUT2D eigenvalue weighted by atomic mass is 32.2. The molecule has 6 nitrogen and oxygen atoms in total. The maximum Gasteiger partial charge on any atom is 0.294 e. The monoisotopic (exact) mass is 647 g/mol. The predicted molar refractivity (Wildman–Crippen MR) is 195 cm³/mol. The molecular weight excluding hydrogens is 603 g/mol. The van der Waals surface area contributed by atoms with Gasteiger partial charge in [-0.1, -0.05) is 66.7 Å². The lowest BCUT2D eigenvalue weighted by Gasteiger charge is -2.28. The lowest BCUT2D eigenvalue weighted by atomic mass is 9.81. The van der Waals surface area contributed by atoms with E-state index in [9.17, 15) is 13.0 Å². The van der Waals surface area contributed by atoms with Crippen LogP contribution in [0.2, 0.25) is 0 Å². The zero-order valence-electron chi connectivity index (χ0n) is 27.9. The standard InChI is InChI=1S/C40H45N3O3S/c1-6-42(27-31-12-9-8-10-13-31)35-20-22-38(29(3)24-35)40(33-16-18-34(41-5)19-17-33)39-23-21-36(25-30(39)4)43(7-2)28-32-14-11-15-37(26-32)47(44,45)46/h8-26,40-41H,6-7,27-28H2,1-5H3,(H,44,45,46). The van der Waals surface area contributed by atoms with Crippen molar-refractivity contribution in [3.8, 4) is 0 Å². The number of hydrogen-bond donors (Lipinski definition) is 2. The van der Waals surface area contributed by atoms with Gasteiger partial charge in [0.2, 0.25) is 0 Å². The molecule has 0 heterocycles. The molecule has 47 heavy (non-hydrogen) atoms. The molecular formula is C40H45N3O3S. The molecule has 0 saturated carbocycles. The van der Waals surface area contributed by atoms with E-state index in [0.717, 1.165) is 36.6 Å². The number of nitrogens with zero attached hydrogens (tertiary/aromatic N) is 2. The molecule has 0 bridgehead atoms. The Morgan fingerprint density at radius 3 is 1.68 bits per heavy atom. The van der Waals surface area contributed by atoms with Crippen LogP contribution >= 0.6 is 0 Å². The predicted octanol–water partition coefficient (Wildman–Crippen LogP) is 8.83. The Morgan fingerprint density at radius 2 is 1.19 bits per heavy atom. The maximum atomic E-state index is 11.7. The zero-order chi connectivity index (χ0) is 33.6. The largest absolute Gasteiger partial charge is 0.388 e. The van der Waals surface area contributed by atoms with E-state index in [-0.39, 0.29) is 10.8 Å². The van der Waals surface area contributed by atoms with E-state index in [1.807, 2.05) is 13.1 Å². The molecule has 1 atom stereocenters. The number of anilines is 3. The summed E-state index contributed by atoms with van der Waals surface area (Å²) in [6.07, 6.45) is 0. The summed E-state index contributed by atoms with van der Waals surface area (Å²) in [6, 6.07) is 39.3. The molecule has 0 aliphatic heterocycles. The van der Waals surface area contributed by atoms with Crippen LogP contribution in [0, 0.1) is 13.8 Å². The third-order valence-electron chi connectivity index (χ3n) is 8.94. The zero-order valence-corrected chi connectivity index (χ0v) is 28.8. The highest BCUT2D eigenvalue weighted by molar-refractivity contribution is 7.85. The SMILES string of the molecule is CCN(Cc1ccccc1)c1ccc(C(c2ccc(NC)cc2)c2ccc(N(CC)Cc3cccc(S(=O)(=O)O)c3)cc2C)c(C)c1. The van der Waals surface area contributed by atoms with E-state index in [1.54, 1.807) is 6.07 Å². The average Bonchev–Trinajstić information content (AvgIpc) is 3.08. The first-order valence-electron chi connectivity index (χ1n) is 16.2. The maximum absolute atomic E-state index is 11.7. The molecule has 5 aromatic carbocycles. The summed E-state index contributed by atoms with van der Waals surface area (Å²) in [6.45, 7) is 11.7. The van der Waals surface area contributed by atoms with Crippen molar-refractivity contribution >= 4 is 27.2 Å². The summed E-state index contributed by atoms with van der Waals surface area (Å²) in [5.74, 6) is 0.0368. The summed E-state index contributed by atoms with van der Waals surface area (Å²) < 4.78 is 33.0. The van der Waals surface area contributed by atoms with Crippen molar-refractivity contribution in [1.29, 1.82) is 0 Å². The van der Waals surface area contributed by atoms with Crippen LogP contribution < -0.4 is 15.1 Å². The minimum absolute atomic E-state index is 0.0368. The lowest BCUT2D eigenvalue weighted by molar-refractivity contribution is 0.483. The smallest absolute Gasteiger partial charge is 0.294 e. The van der Waals surface area contributed by atoms with Gasteiger partial charge in [-0.05, 0) is 115 Å². The highest BCUT2D eigenvalue weighted by Gasteiger charge is 2.22. The molecule has 244 valence electrons. The summed E-state index contributed by atoms with van der Waals surface area (Å²) >= 11 is 0. The highest BCUT2D eigenvalue weighted by Crippen LogP contribution is 2.38. The van der Waals surface area contributed by atoms with Crippen LogP contribution in [-0.2, 0) is 23.2 Å². The van der Waals surface area contributed by atoms with Crippen LogP contribution in [0.3, 0.4) is 0 Å². The molecule has 0 radical (unpaired) electrons. The van der Waals surface area contributed by atoms with Crippen LogP contribution in [0.25, 0.3) is 0 Å². The summed E-state index contributed by atoms with van der Waals surface area (Å²) in [4.78, 5) is 4.53. The van der Waals surface area contributed by atoms with Crippen LogP contribution in [-0.4, -0.2) is 33.1 Å². The van der Waals surface area contributed by atoms with E-state index < -0.39 is 10.1 Å². The van der Waals surface area contributed by atoms with Crippen molar-refractivity contribution in [2.75, 3.05) is 35.3 Å². The molecule has 0 spiro atoms. The van der Waals surface area contributed by atoms with E-state index in [1.165, 1.54) is 51.2 Å². The summed E-state index contributed by atoms with van der Waals surface area (Å²) in [5, 5.41) is 3.24. The van der Waals surface area contributed by atoms with Gasteiger partial charge >= 0.3 is 0 Å². The van der Waals surface area contributed by atoms with Crippen LogP contribution in [0.5, 0.6) is 0 Å². The van der Waals surface area contributed by atoms with E-state index >= 15 is 0 Å². The number of hydrogen-bond acceptors (Lipinski definition) is 5. The lowest BCUT2D eigenvalue weighted by Crippen LogP contribution is -2.22. The van der Waals surface area contributed by atoms with Gasteiger partial charge in [-0.3, -0.25) is 4.55 Å². The first kappa shape index (κ1) is 33.8. The van der Waals surface area contributed by atoms with Crippen LogP contribution in [0.4, 0.5) is 17.1 Å². The molecule has 0 aliphatic rings. The fraction of sp³-hybridized carbons (Fsp3) is 0.250. The van der Waals surface area contributed by atoms with Crippen molar-refractivity contribution < 1.29 is 13.0 Å². The quantitative estimate of drug-likeness (QED) is 0.0983. The average molecular weight is 648 g/mol. The molecule has 0 amide bonds. The van der Waals surface area contributed by atoms with Crippen molar-refractivity contribution in [2.24, 2.45) is 0 Å². The normalized spacial score (nSPS) is 12.0. The summed E-state index contributed by atoms with van der Waals surface area (Å²) in [7, 11) is -2.33. The Bertz CT molecular complexity index is 1910. The molecule has 5 aromatic rings. The molecule has 7 heteroatoms. The minimum Gasteiger partial charge on any atom is -0.388 e. The first-order chi connectivity index (χ1) is 22.6. The van der Waals surface area contributed by atoms with Crippen LogP contribution in [0.15, 0.2) is 120 Å². The first-order valence-corrected chi connectivity index (χ1v) is 17.6. The third-order valence-corrected chi connectivity index (χ3v) is 9.79. The number of benzene rings is 5. The van der Waals surface area contributed by atoms with Gasteiger partial charge in [0, 0.05) is 56.2 Å². The Balaban J connectivity index is 1.50. The Morgan fingerprint density at radius 1 is 0.660 bits per heavy atom. The van der Waals surface area contributed by atoms with Gasteiger partial charge in [-0.25, -0.2) is 0 Å². The van der Waals surface area contributed by atoms with Gasteiger partial charge in [0.1, 0.15) is 0 Å². The van der Waals surface area contributed by atoms with Gasteiger partial charge in [0.05, 0.1) is 4.90 Å². The van der Waals surface area contributed by atoms with Crippen molar-refractivity contribution in [3.05, 3.63) is 154 Å². The number of rotatable bonds is 13. The molecule has 0 aromatic heterocycles. The number of aryl methyl sites for hydroxylation is 2. The van der Waals surface area contributed by atoms with E-state index in [4.69, 9.17) is 0 Å². The van der Waals surface area contributed by atoms with Gasteiger partial charge in [-0.15, -0.1) is 0 Å². The van der Waals surface area contributed by atoms with Crippen molar-refractivity contribution in [1.82, 2.24) is 0 Å². The van der Waals surface area contributed by atoms with Gasteiger partial charge < -0.3 is 15.1 Å². The fourth-order valence-corrected chi connectivity index (χ4v) is 6.88. The summed E-state index contributed by atoms with van der Waals surface area (Å²) in [5.41, 5.74) is 11.6. The second-order valence-corrected chi connectivity index (χ2v) is 13.4. The fourth-order valence-electron chi connectivity index (χ4n) is 6.33. The molecule has 2 N–H and O–H groups in total.